The van der Waals surface area contributed by atoms with Crippen LogP contribution in [0.4, 0.5) is 0 Å². The predicted octanol–water partition coefficient (Wildman–Crippen LogP) is -1.32. The Labute approximate surface area is 122 Å². The van der Waals surface area contributed by atoms with Crippen molar-refractivity contribution in [2.24, 2.45) is 14.1 Å². The minimum absolute atomic E-state index is 0.170. The van der Waals surface area contributed by atoms with Crippen molar-refractivity contribution >= 4 is 22.6 Å². The summed E-state index contributed by atoms with van der Waals surface area (Å²) in [5.41, 5.74) is -0.802. The van der Waals surface area contributed by atoms with E-state index < -0.39 is 35.7 Å². The summed E-state index contributed by atoms with van der Waals surface area (Å²) in [4.78, 5) is 23.6. The number of hydrogen-bond donors (Lipinski definition) is 2. The molecule has 0 bridgehead atoms. The van der Waals surface area contributed by atoms with Gasteiger partial charge in [-0.15, -0.1) is 0 Å². The van der Waals surface area contributed by atoms with Crippen LogP contribution in [0.25, 0.3) is 0 Å². The van der Waals surface area contributed by atoms with E-state index in [0.29, 0.717) is 4.43 Å². The number of nitrogens with zero attached hydrogens (tertiary/aromatic N) is 2. The molecule has 0 spiro atoms. The SMILES string of the molecule is Cn1cc([C@@H]2O[C@H](CI)[C@@H](O)[C@H]2O)c(=O)n(C)c1=O. The molecule has 2 heterocycles. The number of aryl methyl sites for hydroxylation is 1. The molecule has 1 saturated heterocycles. The number of hydrogen-bond acceptors (Lipinski definition) is 5. The third-order valence-corrected chi connectivity index (χ3v) is 4.16. The van der Waals surface area contributed by atoms with Crippen LogP contribution in [0.2, 0.25) is 0 Å². The highest BCUT2D eigenvalue weighted by Crippen LogP contribution is 2.32. The Balaban J connectivity index is 2.50. The van der Waals surface area contributed by atoms with Crippen molar-refractivity contribution in [3.05, 3.63) is 32.6 Å². The fourth-order valence-corrected chi connectivity index (χ4v) is 2.89. The van der Waals surface area contributed by atoms with Crippen LogP contribution in [-0.2, 0) is 18.8 Å². The maximum absolute atomic E-state index is 12.1. The first-order chi connectivity index (χ1) is 8.88. The summed E-state index contributed by atoms with van der Waals surface area (Å²) in [5, 5.41) is 19.8. The Morgan fingerprint density at radius 3 is 2.47 bits per heavy atom. The summed E-state index contributed by atoms with van der Waals surface area (Å²) >= 11 is 2.04. The second-order valence-electron chi connectivity index (χ2n) is 4.57. The average Bonchev–Trinajstić information content (AvgIpc) is 2.68. The van der Waals surface area contributed by atoms with Gasteiger partial charge in [0.2, 0.25) is 0 Å². The Hall–Kier alpha value is -0.710. The molecule has 0 saturated carbocycles. The molecule has 0 amide bonds. The molecule has 7 nitrogen and oxygen atoms in total. The van der Waals surface area contributed by atoms with E-state index in [0.717, 1.165) is 4.57 Å². The molecular weight excluding hydrogens is 367 g/mol. The number of halogens is 1. The van der Waals surface area contributed by atoms with E-state index in [9.17, 15) is 19.8 Å². The molecule has 19 heavy (non-hydrogen) atoms. The normalized spacial score (nSPS) is 30.8. The molecule has 0 radical (unpaired) electrons. The second-order valence-corrected chi connectivity index (χ2v) is 5.45. The highest BCUT2D eigenvalue weighted by molar-refractivity contribution is 14.1. The molecule has 106 valence electrons. The zero-order valence-corrected chi connectivity index (χ0v) is 12.6. The van der Waals surface area contributed by atoms with Gasteiger partial charge in [0, 0.05) is 24.7 Å². The molecule has 2 N–H and O–H groups in total. The first kappa shape index (κ1) is 14.7. The van der Waals surface area contributed by atoms with Crippen LogP contribution in [0.15, 0.2) is 15.8 Å². The molecule has 1 aromatic rings. The van der Waals surface area contributed by atoms with Crippen LogP contribution >= 0.6 is 22.6 Å². The lowest BCUT2D eigenvalue weighted by Gasteiger charge is -2.15. The number of aromatic nitrogens is 2. The molecule has 0 aliphatic carbocycles. The Morgan fingerprint density at radius 2 is 1.95 bits per heavy atom. The van der Waals surface area contributed by atoms with Gasteiger partial charge in [0.25, 0.3) is 5.56 Å². The number of aliphatic hydroxyl groups is 2. The highest BCUT2D eigenvalue weighted by Gasteiger charge is 2.44. The van der Waals surface area contributed by atoms with Crippen molar-refractivity contribution in [3.63, 3.8) is 0 Å². The number of rotatable bonds is 2. The van der Waals surface area contributed by atoms with E-state index in [1.165, 1.54) is 24.9 Å². The zero-order valence-electron chi connectivity index (χ0n) is 10.5. The Kier molecular flexibility index (Phi) is 4.14. The summed E-state index contributed by atoms with van der Waals surface area (Å²) < 4.78 is 8.21. The van der Waals surface area contributed by atoms with E-state index in [2.05, 4.69) is 0 Å². The fraction of sp³-hybridized carbons (Fsp3) is 0.636. The molecule has 4 atom stereocenters. The van der Waals surface area contributed by atoms with Gasteiger partial charge in [-0.3, -0.25) is 9.36 Å². The van der Waals surface area contributed by atoms with Crippen LogP contribution < -0.4 is 11.2 Å². The second kappa shape index (κ2) is 5.35. The van der Waals surface area contributed by atoms with Gasteiger partial charge < -0.3 is 19.5 Å². The van der Waals surface area contributed by atoms with Gasteiger partial charge in [-0.25, -0.2) is 4.79 Å². The minimum atomic E-state index is -1.18. The van der Waals surface area contributed by atoms with E-state index in [1.54, 1.807) is 0 Å². The summed E-state index contributed by atoms with van der Waals surface area (Å²) in [7, 11) is 2.88. The van der Waals surface area contributed by atoms with Gasteiger partial charge in [0.05, 0.1) is 11.7 Å². The quantitative estimate of drug-likeness (QED) is 0.489. The van der Waals surface area contributed by atoms with Crippen LogP contribution in [0.5, 0.6) is 0 Å². The van der Waals surface area contributed by atoms with Gasteiger partial charge in [0.15, 0.2) is 0 Å². The molecule has 8 heteroatoms. The van der Waals surface area contributed by atoms with E-state index >= 15 is 0 Å². The standard InChI is InChI=1S/C11H15IN2O5/c1-13-4-5(10(17)14(2)11(13)18)9-8(16)7(15)6(3-12)19-9/h4,6-9,15-16H,3H2,1-2H3/t6-,7-,8-,9+/m1/s1. The molecule has 1 fully saturated rings. The molecule has 0 unspecified atom stereocenters. The predicted molar refractivity (Wildman–Crippen MR) is 75.4 cm³/mol. The van der Waals surface area contributed by atoms with Crippen molar-refractivity contribution in [2.75, 3.05) is 4.43 Å². The van der Waals surface area contributed by atoms with E-state index in [1.807, 2.05) is 22.6 Å². The summed E-state index contributed by atoms with van der Waals surface area (Å²) in [6, 6.07) is 0. The molecule has 0 aromatic carbocycles. The number of aliphatic hydroxyl groups excluding tert-OH is 2. The first-order valence-corrected chi connectivity index (χ1v) is 7.25. The lowest BCUT2D eigenvalue weighted by atomic mass is 10.0. The van der Waals surface area contributed by atoms with Gasteiger partial charge in [0.1, 0.15) is 18.3 Å². The Bertz CT molecular complexity index is 596. The van der Waals surface area contributed by atoms with Crippen LogP contribution in [0.3, 0.4) is 0 Å². The third kappa shape index (κ3) is 2.37. The smallest absolute Gasteiger partial charge is 0.330 e. The maximum atomic E-state index is 12.1. The summed E-state index contributed by atoms with van der Waals surface area (Å²) in [6.07, 6.45) is -2.31. The molecule has 2 rings (SSSR count). The summed E-state index contributed by atoms with van der Waals surface area (Å²) in [6.45, 7) is 0. The highest BCUT2D eigenvalue weighted by atomic mass is 127. The monoisotopic (exact) mass is 382 g/mol. The molecule has 1 aliphatic heterocycles. The lowest BCUT2D eigenvalue weighted by molar-refractivity contribution is 0.0156. The molecule has 1 aromatic heterocycles. The van der Waals surface area contributed by atoms with Crippen molar-refractivity contribution in [1.82, 2.24) is 9.13 Å². The van der Waals surface area contributed by atoms with Gasteiger partial charge >= 0.3 is 5.69 Å². The van der Waals surface area contributed by atoms with E-state index in [-0.39, 0.29) is 5.56 Å². The van der Waals surface area contributed by atoms with Crippen molar-refractivity contribution in [3.8, 4) is 0 Å². The van der Waals surface area contributed by atoms with Gasteiger partial charge in [-0.05, 0) is 0 Å². The first-order valence-electron chi connectivity index (χ1n) is 5.72. The maximum Gasteiger partial charge on any atom is 0.330 e. The zero-order chi connectivity index (χ0) is 14.3. The van der Waals surface area contributed by atoms with Crippen molar-refractivity contribution in [2.45, 2.75) is 24.4 Å². The van der Waals surface area contributed by atoms with Crippen molar-refractivity contribution < 1.29 is 14.9 Å². The summed E-state index contributed by atoms with van der Waals surface area (Å²) in [5.74, 6) is 0. The van der Waals surface area contributed by atoms with E-state index in [4.69, 9.17) is 4.74 Å². The lowest BCUT2D eigenvalue weighted by Crippen LogP contribution is -2.40. The van der Waals surface area contributed by atoms with Gasteiger partial charge in [-0.1, -0.05) is 22.6 Å². The fourth-order valence-electron chi connectivity index (χ4n) is 2.16. The average molecular weight is 382 g/mol. The number of ether oxygens (including phenoxy) is 1. The third-order valence-electron chi connectivity index (χ3n) is 3.29. The molecular formula is C11H15IN2O5. The van der Waals surface area contributed by atoms with Gasteiger partial charge in [-0.2, -0.15) is 0 Å². The molecule has 1 aliphatic rings. The van der Waals surface area contributed by atoms with Crippen LogP contribution in [0, 0.1) is 0 Å². The number of alkyl halides is 1. The van der Waals surface area contributed by atoms with Crippen LogP contribution in [-0.4, -0.2) is 42.1 Å². The largest absolute Gasteiger partial charge is 0.388 e. The van der Waals surface area contributed by atoms with Crippen molar-refractivity contribution in [1.29, 1.82) is 0 Å². The topological polar surface area (TPSA) is 93.7 Å². The van der Waals surface area contributed by atoms with Crippen LogP contribution in [0.1, 0.15) is 11.7 Å². The minimum Gasteiger partial charge on any atom is -0.388 e. The Morgan fingerprint density at radius 1 is 1.32 bits per heavy atom.